The van der Waals surface area contributed by atoms with E-state index in [4.69, 9.17) is 10.2 Å². The Bertz CT molecular complexity index is 730. The molecule has 0 saturated heterocycles. The van der Waals surface area contributed by atoms with Crippen LogP contribution in [0, 0.1) is 0 Å². The van der Waals surface area contributed by atoms with E-state index in [1.54, 1.807) is 18.6 Å². The first-order valence-corrected chi connectivity index (χ1v) is 6.06. The molecule has 0 bridgehead atoms. The molecule has 0 aliphatic carbocycles. The standard InChI is InChI=1S/C16H13NO2/c17-15-9-13-4-2-1-3-12(13)8-14(15)16(18)7-11-5-6-19-10-11/h1-6,8-10H,7,17H2. The van der Waals surface area contributed by atoms with Crippen molar-refractivity contribution in [1.29, 1.82) is 0 Å². The number of hydrogen-bond acceptors (Lipinski definition) is 3. The maximum atomic E-state index is 12.3. The summed E-state index contributed by atoms with van der Waals surface area (Å²) >= 11 is 0. The molecule has 3 aromatic rings. The van der Waals surface area contributed by atoms with Crippen molar-refractivity contribution in [2.75, 3.05) is 5.73 Å². The molecule has 0 aliphatic heterocycles. The fourth-order valence-corrected chi connectivity index (χ4v) is 2.17. The Morgan fingerprint density at radius 3 is 2.53 bits per heavy atom. The first-order valence-electron chi connectivity index (χ1n) is 6.06. The minimum absolute atomic E-state index is 0.00431. The summed E-state index contributed by atoms with van der Waals surface area (Å²) in [6.07, 6.45) is 3.44. The number of Topliss-reactive ketones (excluding diaryl/α,β-unsaturated/α-hetero) is 1. The van der Waals surface area contributed by atoms with Gasteiger partial charge in [0.1, 0.15) is 0 Å². The van der Waals surface area contributed by atoms with Crippen molar-refractivity contribution in [2.45, 2.75) is 6.42 Å². The van der Waals surface area contributed by atoms with Gasteiger partial charge in [0.05, 0.1) is 12.5 Å². The molecule has 0 spiro atoms. The summed E-state index contributed by atoms with van der Waals surface area (Å²) in [5.41, 5.74) is 7.92. The van der Waals surface area contributed by atoms with E-state index in [2.05, 4.69) is 0 Å². The molecular weight excluding hydrogens is 238 g/mol. The van der Waals surface area contributed by atoms with Crippen molar-refractivity contribution in [2.24, 2.45) is 0 Å². The molecule has 0 fully saturated rings. The Morgan fingerprint density at radius 1 is 1.11 bits per heavy atom. The molecule has 0 radical (unpaired) electrons. The molecular formula is C16H13NO2. The molecule has 1 heterocycles. The summed E-state index contributed by atoms with van der Waals surface area (Å²) in [6, 6.07) is 13.3. The summed E-state index contributed by atoms with van der Waals surface area (Å²) in [5, 5.41) is 2.06. The average molecular weight is 251 g/mol. The topological polar surface area (TPSA) is 56.2 Å². The van der Waals surface area contributed by atoms with E-state index in [1.165, 1.54) is 0 Å². The van der Waals surface area contributed by atoms with Crippen LogP contribution in [0.1, 0.15) is 15.9 Å². The zero-order valence-corrected chi connectivity index (χ0v) is 10.3. The Hall–Kier alpha value is -2.55. The Balaban J connectivity index is 1.99. The predicted molar refractivity (Wildman–Crippen MR) is 75.1 cm³/mol. The molecule has 3 rings (SSSR count). The molecule has 3 nitrogen and oxygen atoms in total. The van der Waals surface area contributed by atoms with Gasteiger partial charge < -0.3 is 10.2 Å². The van der Waals surface area contributed by atoms with Gasteiger partial charge in [0.25, 0.3) is 0 Å². The predicted octanol–water partition coefficient (Wildman–Crippen LogP) is 3.44. The van der Waals surface area contributed by atoms with Gasteiger partial charge in [-0.2, -0.15) is 0 Å². The van der Waals surface area contributed by atoms with Crippen LogP contribution in [0.15, 0.2) is 59.4 Å². The normalized spacial score (nSPS) is 10.7. The quantitative estimate of drug-likeness (QED) is 0.573. The van der Waals surface area contributed by atoms with Crippen molar-refractivity contribution >= 4 is 22.2 Å². The zero-order chi connectivity index (χ0) is 13.2. The monoisotopic (exact) mass is 251 g/mol. The second-order valence-corrected chi connectivity index (χ2v) is 4.52. The smallest absolute Gasteiger partial charge is 0.169 e. The number of carbonyl (C=O) groups is 1. The van der Waals surface area contributed by atoms with Gasteiger partial charge in [-0.3, -0.25) is 4.79 Å². The lowest BCUT2D eigenvalue weighted by atomic mass is 9.99. The van der Waals surface area contributed by atoms with Crippen LogP contribution in [0.4, 0.5) is 5.69 Å². The van der Waals surface area contributed by atoms with Gasteiger partial charge in [-0.15, -0.1) is 0 Å². The summed E-state index contributed by atoms with van der Waals surface area (Å²) in [4.78, 5) is 12.3. The Morgan fingerprint density at radius 2 is 1.84 bits per heavy atom. The second kappa shape index (κ2) is 4.61. The van der Waals surface area contributed by atoms with Gasteiger partial charge in [-0.1, -0.05) is 24.3 Å². The van der Waals surface area contributed by atoms with Crippen LogP contribution in [0.2, 0.25) is 0 Å². The lowest BCUT2D eigenvalue weighted by Crippen LogP contribution is -2.06. The largest absolute Gasteiger partial charge is 0.472 e. The zero-order valence-electron chi connectivity index (χ0n) is 10.3. The van der Waals surface area contributed by atoms with Crippen molar-refractivity contribution in [3.8, 4) is 0 Å². The molecule has 0 unspecified atom stereocenters. The third kappa shape index (κ3) is 2.22. The minimum Gasteiger partial charge on any atom is -0.472 e. The molecule has 0 aliphatic rings. The van der Waals surface area contributed by atoms with Gasteiger partial charge >= 0.3 is 0 Å². The summed E-state index contributed by atoms with van der Waals surface area (Å²) < 4.78 is 4.97. The first-order chi connectivity index (χ1) is 9.24. The fraction of sp³-hybridized carbons (Fsp3) is 0.0625. The van der Waals surface area contributed by atoms with Crippen molar-refractivity contribution in [3.63, 3.8) is 0 Å². The molecule has 94 valence electrons. The third-order valence-corrected chi connectivity index (χ3v) is 3.16. The number of hydrogen-bond donors (Lipinski definition) is 1. The second-order valence-electron chi connectivity index (χ2n) is 4.52. The van der Waals surface area contributed by atoms with Crippen LogP contribution < -0.4 is 5.73 Å². The molecule has 3 heteroatoms. The molecule has 0 saturated carbocycles. The number of carbonyl (C=O) groups excluding carboxylic acids is 1. The third-order valence-electron chi connectivity index (χ3n) is 3.16. The number of rotatable bonds is 3. The molecule has 1 aromatic heterocycles. The lowest BCUT2D eigenvalue weighted by Gasteiger charge is -2.06. The molecule has 2 N–H and O–H groups in total. The van der Waals surface area contributed by atoms with Crippen LogP contribution in [0.3, 0.4) is 0 Å². The van der Waals surface area contributed by atoms with E-state index >= 15 is 0 Å². The number of ketones is 1. The fourth-order valence-electron chi connectivity index (χ4n) is 2.17. The highest BCUT2D eigenvalue weighted by Gasteiger charge is 2.12. The number of nitrogens with two attached hydrogens (primary N) is 1. The minimum atomic E-state index is 0.00431. The van der Waals surface area contributed by atoms with Gasteiger partial charge in [0, 0.05) is 17.7 Å². The molecule has 2 aromatic carbocycles. The van der Waals surface area contributed by atoms with Crippen LogP contribution in [-0.4, -0.2) is 5.78 Å². The summed E-state index contributed by atoms with van der Waals surface area (Å²) in [6.45, 7) is 0. The molecule has 0 amide bonds. The van der Waals surface area contributed by atoms with E-state index in [0.717, 1.165) is 16.3 Å². The lowest BCUT2D eigenvalue weighted by molar-refractivity contribution is 0.0993. The SMILES string of the molecule is Nc1cc2ccccc2cc1C(=O)Cc1ccoc1. The Kier molecular flexibility index (Phi) is 2.80. The van der Waals surface area contributed by atoms with E-state index in [0.29, 0.717) is 17.7 Å². The summed E-state index contributed by atoms with van der Waals surface area (Å²) in [7, 11) is 0. The van der Waals surface area contributed by atoms with Crippen LogP contribution >= 0.6 is 0 Å². The van der Waals surface area contributed by atoms with Crippen molar-refractivity contribution in [1.82, 2.24) is 0 Å². The van der Waals surface area contributed by atoms with Gasteiger partial charge in [-0.25, -0.2) is 0 Å². The number of anilines is 1. The van der Waals surface area contributed by atoms with E-state index < -0.39 is 0 Å². The first kappa shape index (κ1) is 11.5. The number of furan rings is 1. The van der Waals surface area contributed by atoms with E-state index in [9.17, 15) is 4.79 Å². The maximum absolute atomic E-state index is 12.3. The van der Waals surface area contributed by atoms with Gasteiger partial charge in [0.15, 0.2) is 5.78 Å². The van der Waals surface area contributed by atoms with Gasteiger partial charge in [-0.05, 0) is 34.5 Å². The highest BCUT2D eigenvalue weighted by molar-refractivity contribution is 6.05. The van der Waals surface area contributed by atoms with E-state index in [-0.39, 0.29) is 5.78 Å². The van der Waals surface area contributed by atoms with Crippen LogP contribution in [0.5, 0.6) is 0 Å². The van der Waals surface area contributed by atoms with E-state index in [1.807, 2.05) is 36.4 Å². The molecule has 0 atom stereocenters. The number of nitrogen functional groups attached to an aromatic ring is 1. The van der Waals surface area contributed by atoms with Crippen LogP contribution in [0.25, 0.3) is 10.8 Å². The van der Waals surface area contributed by atoms with Crippen molar-refractivity contribution in [3.05, 3.63) is 66.1 Å². The van der Waals surface area contributed by atoms with Crippen molar-refractivity contribution < 1.29 is 9.21 Å². The number of benzene rings is 2. The highest BCUT2D eigenvalue weighted by atomic mass is 16.3. The number of fused-ring (bicyclic) bond motifs is 1. The maximum Gasteiger partial charge on any atom is 0.169 e. The molecule has 19 heavy (non-hydrogen) atoms. The summed E-state index contributed by atoms with van der Waals surface area (Å²) in [5.74, 6) is 0.00431. The average Bonchev–Trinajstić information content (AvgIpc) is 2.90. The van der Waals surface area contributed by atoms with Crippen LogP contribution in [-0.2, 0) is 6.42 Å². The highest BCUT2D eigenvalue weighted by Crippen LogP contribution is 2.23. The Labute approximate surface area is 110 Å². The van der Waals surface area contributed by atoms with Gasteiger partial charge in [0.2, 0.25) is 0 Å².